The molecule has 0 amide bonds. The average molecular weight is 102 g/mol. The fourth-order valence-corrected chi connectivity index (χ4v) is 1.03. The molecule has 34 valence electrons. The highest BCUT2D eigenvalue weighted by atomic mass is 32.2. The first kappa shape index (κ1) is 3.99. The second-order valence-corrected chi connectivity index (χ2v) is 2.13. The van der Waals surface area contributed by atoms with Crippen molar-refractivity contribution < 1.29 is 0 Å². The number of hydrogen-bond acceptors (Lipinski definition) is 2. The van der Waals surface area contributed by atoms with Gasteiger partial charge in [-0.1, -0.05) is 0 Å². The molecule has 1 heterocycles. The highest BCUT2D eigenvalue weighted by Crippen LogP contribution is 2.01. The van der Waals surface area contributed by atoms with Crippen LogP contribution in [-0.4, -0.2) is 17.5 Å². The van der Waals surface area contributed by atoms with Crippen LogP contribution in [0.4, 0.5) is 0 Å². The molecule has 0 atom stereocenters. The maximum atomic E-state index is 6.92. The largest absolute Gasteiger partial charge is 0.364 e. The Morgan fingerprint density at radius 1 is 1.83 bits per heavy atom. The van der Waals surface area contributed by atoms with Crippen LogP contribution < -0.4 is 5.32 Å². The van der Waals surface area contributed by atoms with Gasteiger partial charge in [0.15, 0.2) is 0 Å². The van der Waals surface area contributed by atoms with Gasteiger partial charge in [0, 0.05) is 0 Å². The molecule has 1 rings (SSSR count). The van der Waals surface area contributed by atoms with E-state index in [1.165, 1.54) is 0 Å². The molecule has 0 bridgehead atoms. The van der Waals surface area contributed by atoms with Gasteiger partial charge in [-0.25, -0.2) is 0 Å². The second-order valence-electron chi connectivity index (χ2n) is 1.15. The number of thioether (sulfide) groups is 1. The molecule has 2 nitrogen and oxygen atoms in total. The van der Waals surface area contributed by atoms with Crippen LogP contribution in [-0.2, 0) is 0 Å². The van der Waals surface area contributed by atoms with Crippen LogP contribution in [0.25, 0.3) is 0 Å². The van der Waals surface area contributed by atoms with Crippen molar-refractivity contribution in [1.82, 2.24) is 5.32 Å². The zero-order valence-corrected chi connectivity index (χ0v) is 4.14. The Morgan fingerprint density at radius 3 is 2.83 bits per heavy atom. The first-order valence-corrected chi connectivity index (χ1v) is 2.94. The average Bonchev–Trinajstić information content (AvgIpc) is 1.86. The Kier molecular flexibility index (Phi) is 1.01. The van der Waals surface area contributed by atoms with Crippen molar-refractivity contribution in [2.45, 2.75) is 0 Å². The van der Waals surface area contributed by atoms with Crippen molar-refractivity contribution >= 4 is 17.6 Å². The number of hydrogen-bond donors (Lipinski definition) is 2. The predicted molar refractivity (Wildman–Crippen MR) is 28.2 cm³/mol. The molecule has 0 unspecified atom stereocenters. The fourth-order valence-electron chi connectivity index (χ4n) is 0.342. The summed E-state index contributed by atoms with van der Waals surface area (Å²) < 4.78 is 0. The van der Waals surface area contributed by atoms with Crippen LogP contribution in [0, 0.1) is 5.41 Å². The van der Waals surface area contributed by atoms with Gasteiger partial charge in [-0.05, 0) is 0 Å². The van der Waals surface area contributed by atoms with E-state index in [-0.39, 0.29) is 0 Å². The van der Waals surface area contributed by atoms with Crippen LogP contribution in [0.2, 0.25) is 0 Å². The van der Waals surface area contributed by atoms with Gasteiger partial charge in [-0.2, -0.15) is 0 Å². The van der Waals surface area contributed by atoms with E-state index in [1.54, 1.807) is 11.8 Å². The third kappa shape index (κ3) is 0.653. The highest BCUT2D eigenvalue weighted by Gasteiger charge is 2.01. The van der Waals surface area contributed by atoms with E-state index in [0.717, 1.165) is 11.6 Å². The summed E-state index contributed by atoms with van der Waals surface area (Å²) in [5, 5.41) is 9.78. The van der Waals surface area contributed by atoms with Crippen molar-refractivity contribution in [3.8, 4) is 0 Å². The molecular weight excluding hydrogens is 96.1 g/mol. The minimum atomic E-state index is 0.667. The molecule has 0 spiro atoms. The Bertz CT molecular complexity index is 63.2. The van der Waals surface area contributed by atoms with Crippen LogP contribution in [0.15, 0.2) is 0 Å². The van der Waals surface area contributed by atoms with Gasteiger partial charge in [-0.15, -0.1) is 11.8 Å². The molecule has 0 aromatic rings. The summed E-state index contributed by atoms with van der Waals surface area (Å²) in [6.07, 6.45) is 0. The molecule has 0 aromatic heterocycles. The maximum absolute atomic E-state index is 6.92. The van der Waals surface area contributed by atoms with Crippen LogP contribution >= 0.6 is 11.8 Å². The topological polar surface area (TPSA) is 35.9 Å². The predicted octanol–water partition coefficient (Wildman–Crippen LogP) is 0.258. The van der Waals surface area contributed by atoms with E-state index in [2.05, 4.69) is 5.32 Å². The molecule has 3 heteroatoms. The lowest BCUT2D eigenvalue weighted by atomic mass is 10.7. The van der Waals surface area contributed by atoms with Crippen molar-refractivity contribution in [3.05, 3.63) is 0 Å². The smallest absolute Gasteiger partial charge is 0.104 e. The monoisotopic (exact) mass is 102 g/mol. The van der Waals surface area contributed by atoms with E-state index >= 15 is 0 Å². The van der Waals surface area contributed by atoms with Gasteiger partial charge in [0.1, 0.15) is 5.84 Å². The zero-order chi connectivity index (χ0) is 4.41. The maximum Gasteiger partial charge on any atom is 0.104 e. The molecular formula is C3H6N2S. The normalized spacial score (nSPS) is 21.0. The summed E-state index contributed by atoms with van der Waals surface area (Å²) in [5.41, 5.74) is 0. The zero-order valence-electron chi connectivity index (χ0n) is 3.32. The summed E-state index contributed by atoms with van der Waals surface area (Å²) in [6, 6.07) is 0. The molecule has 1 aliphatic rings. The lowest BCUT2D eigenvalue weighted by Gasteiger charge is -1.83. The number of nitrogens with one attached hydrogen (secondary N) is 2. The van der Waals surface area contributed by atoms with Crippen LogP contribution in [0.1, 0.15) is 0 Å². The Labute approximate surface area is 40.8 Å². The Hall–Kier alpha value is -0.180. The van der Waals surface area contributed by atoms with Crippen LogP contribution in [0.3, 0.4) is 0 Å². The minimum absolute atomic E-state index is 0.667. The molecule has 1 aliphatic heterocycles. The van der Waals surface area contributed by atoms with Crippen molar-refractivity contribution in [1.29, 1.82) is 5.41 Å². The van der Waals surface area contributed by atoms with Crippen LogP contribution in [0.5, 0.6) is 0 Å². The molecule has 1 saturated heterocycles. The van der Waals surface area contributed by atoms with Crippen molar-refractivity contribution in [3.63, 3.8) is 0 Å². The summed E-state index contributed by atoms with van der Waals surface area (Å²) in [6.45, 7) is 0. The van der Waals surface area contributed by atoms with Gasteiger partial charge >= 0.3 is 0 Å². The summed E-state index contributed by atoms with van der Waals surface area (Å²) in [5.74, 6) is 2.47. The van der Waals surface area contributed by atoms with Gasteiger partial charge < -0.3 is 5.32 Å². The van der Waals surface area contributed by atoms with E-state index < -0.39 is 0 Å². The summed E-state index contributed by atoms with van der Waals surface area (Å²) >= 11 is 1.75. The number of amidine groups is 1. The van der Waals surface area contributed by atoms with E-state index in [9.17, 15) is 0 Å². The first-order valence-electron chi connectivity index (χ1n) is 1.78. The van der Waals surface area contributed by atoms with E-state index in [1.807, 2.05) is 0 Å². The van der Waals surface area contributed by atoms with Gasteiger partial charge in [0.25, 0.3) is 0 Å². The fraction of sp³-hybridized carbons (Fsp3) is 0.667. The summed E-state index contributed by atoms with van der Waals surface area (Å²) in [7, 11) is 0. The lowest BCUT2D eigenvalue weighted by molar-refractivity contribution is 1.13. The molecule has 0 aromatic carbocycles. The van der Waals surface area contributed by atoms with Gasteiger partial charge in [0.2, 0.25) is 0 Å². The molecule has 2 N–H and O–H groups in total. The molecule has 0 aliphatic carbocycles. The quantitative estimate of drug-likeness (QED) is 0.460. The molecule has 1 fully saturated rings. The highest BCUT2D eigenvalue weighted by molar-refractivity contribution is 8.00. The SMILES string of the molecule is N=C1CSCN1. The summed E-state index contributed by atoms with van der Waals surface area (Å²) in [4.78, 5) is 0. The van der Waals surface area contributed by atoms with Gasteiger partial charge in [-0.3, -0.25) is 5.41 Å². The third-order valence-electron chi connectivity index (χ3n) is 0.634. The number of rotatable bonds is 0. The lowest BCUT2D eigenvalue weighted by Crippen LogP contribution is -2.13. The van der Waals surface area contributed by atoms with Crippen molar-refractivity contribution in [2.75, 3.05) is 11.6 Å². The third-order valence-corrected chi connectivity index (χ3v) is 1.48. The Morgan fingerprint density at radius 2 is 2.67 bits per heavy atom. The Balaban J connectivity index is 2.37. The molecule has 6 heavy (non-hydrogen) atoms. The van der Waals surface area contributed by atoms with Gasteiger partial charge in [0.05, 0.1) is 11.6 Å². The van der Waals surface area contributed by atoms with Crippen molar-refractivity contribution in [2.24, 2.45) is 0 Å². The molecule has 0 saturated carbocycles. The first-order chi connectivity index (χ1) is 2.89. The standard InChI is InChI=1S/C3H6N2S/c4-3-1-6-2-5-3/h1-2H2,(H2,4,5). The second kappa shape index (κ2) is 1.51. The molecule has 0 radical (unpaired) electrons. The minimum Gasteiger partial charge on any atom is -0.364 e. The van der Waals surface area contributed by atoms with E-state index in [0.29, 0.717) is 5.84 Å². The van der Waals surface area contributed by atoms with E-state index in [4.69, 9.17) is 5.41 Å².